The average Bonchev–Trinajstić information content (AvgIpc) is 2.86. The molecule has 0 bridgehead atoms. The van der Waals surface area contributed by atoms with E-state index < -0.39 is 0 Å². The molecule has 2 rings (SSSR count). The smallest absolute Gasteiger partial charge is 0.181 e. The van der Waals surface area contributed by atoms with Crippen LogP contribution in [-0.2, 0) is 6.42 Å². The van der Waals surface area contributed by atoms with Crippen LogP contribution in [0.3, 0.4) is 0 Å². The Morgan fingerprint density at radius 2 is 2.20 bits per heavy atom. The Hall–Kier alpha value is -1.13. The van der Waals surface area contributed by atoms with Crippen LogP contribution in [0, 0.1) is 0 Å². The summed E-state index contributed by atoms with van der Waals surface area (Å²) in [6, 6.07) is 5.76. The zero-order valence-electron chi connectivity index (χ0n) is 8.23. The summed E-state index contributed by atoms with van der Waals surface area (Å²) in [6.07, 6.45) is 0.467. The third kappa shape index (κ3) is 2.27. The van der Waals surface area contributed by atoms with Crippen LogP contribution < -0.4 is 4.74 Å². The first-order valence-corrected chi connectivity index (χ1v) is 6.24. The zero-order valence-corrected chi connectivity index (χ0v) is 9.86. The molecule has 0 saturated heterocycles. The van der Waals surface area contributed by atoms with Crippen molar-refractivity contribution in [2.24, 2.45) is 0 Å². The maximum Gasteiger partial charge on any atom is 0.181 e. The number of hydrogen-bond acceptors (Lipinski definition) is 4. The van der Waals surface area contributed by atoms with Crippen molar-refractivity contribution in [3.05, 3.63) is 38.7 Å². The molecule has 2 aromatic rings. The summed E-state index contributed by atoms with van der Waals surface area (Å²) in [7, 11) is 1.59. The second kappa shape index (κ2) is 4.59. The van der Waals surface area contributed by atoms with Gasteiger partial charge in [-0.1, -0.05) is 6.07 Å². The number of Topliss-reactive ketones (excluding diaryl/α,β-unsaturated/α-hetero) is 1. The molecule has 0 aliphatic carbocycles. The minimum Gasteiger partial charge on any atom is -0.495 e. The molecule has 0 amide bonds. The molecule has 2 aromatic heterocycles. The van der Waals surface area contributed by atoms with E-state index >= 15 is 0 Å². The number of carbonyl (C=O) groups is 1. The minimum absolute atomic E-state index is 0.129. The van der Waals surface area contributed by atoms with Crippen molar-refractivity contribution in [3.63, 3.8) is 0 Å². The van der Waals surface area contributed by atoms with E-state index in [1.54, 1.807) is 18.4 Å². The molecule has 0 radical (unpaired) electrons. The maximum atomic E-state index is 11.9. The summed E-state index contributed by atoms with van der Waals surface area (Å²) in [5.41, 5.74) is 0. The Balaban J connectivity index is 2.15. The number of ether oxygens (including phenoxy) is 1. The molecule has 2 nitrogen and oxygen atoms in total. The summed E-state index contributed by atoms with van der Waals surface area (Å²) in [5, 5.41) is 3.86. The molecule has 0 aliphatic rings. The molecule has 0 aliphatic heterocycles. The molecule has 0 fully saturated rings. The first kappa shape index (κ1) is 10.4. The molecule has 0 saturated carbocycles. The quantitative estimate of drug-likeness (QED) is 0.764. The number of ketones is 1. The normalized spacial score (nSPS) is 10.2. The Morgan fingerprint density at radius 3 is 2.87 bits per heavy atom. The van der Waals surface area contributed by atoms with Crippen LogP contribution in [0.15, 0.2) is 29.0 Å². The maximum absolute atomic E-state index is 11.9. The number of methoxy groups -OCH3 is 1. The predicted molar refractivity (Wildman–Crippen MR) is 63.2 cm³/mol. The number of hydrogen-bond donors (Lipinski definition) is 0. The van der Waals surface area contributed by atoms with E-state index in [0.29, 0.717) is 17.0 Å². The molecule has 15 heavy (non-hydrogen) atoms. The number of carbonyl (C=O) groups excluding carboxylic acids is 1. The Bertz CT molecular complexity index is 443. The fraction of sp³-hybridized carbons (Fsp3) is 0.182. The van der Waals surface area contributed by atoms with Crippen molar-refractivity contribution in [2.75, 3.05) is 7.11 Å². The van der Waals surface area contributed by atoms with Crippen LogP contribution in [0.4, 0.5) is 0 Å². The van der Waals surface area contributed by atoms with Crippen molar-refractivity contribution in [1.29, 1.82) is 0 Å². The summed E-state index contributed by atoms with van der Waals surface area (Å²) >= 11 is 3.04. The Morgan fingerprint density at radius 1 is 1.33 bits per heavy atom. The van der Waals surface area contributed by atoms with Crippen LogP contribution >= 0.6 is 22.7 Å². The van der Waals surface area contributed by atoms with Crippen LogP contribution in [0.2, 0.25) is 0 Å². The second-order valence-corrected chi connectivity index (χ2v) is 4.95. The molecular weight excluding hydrogens is 228 g/mol. The lowest BCUT2D eigenvalue weighted by Crippen LogP contribution is -2.01. The molecule has 0 atom stereocenters. The predicted octanol–water partition coefficient (Wildman–Crippen LogP) is 3.24. The van der Waals surface area contributed by atoms with E-state index in [1.165, 1.54) is 11.3 Å². The van der Waals surface area contributed by atoms with Gasteiger partial charge in [-0.2, -0.15) is 0 Å². The van der Waals surface area contributed by atoms with E-state index in [0.717, 1.165) is 4.88 Å². The third-order valence-corrected chi connectivity index (χ3v) is 3.83. The molecule has 0 aromatic carbocycles. The van der Waals surface area contributed by atoms with Gasteiger partial charge in [0, 0.05) is 11.3 Å². The van der Waals surface area contributed by atoms with Gasteiger partial charge in [-0.15, -0.1) is 22.7 Å². The highest BCUT2D eigenvalue weighted by Gasteiger charge is 2.14. The van der Waals surface area contributed by atoms with Crippen LogP contribution in [0.1, 0.15) is 14.5 Å². The van der Waals surface area contributed by atoms with Crippen molar-refractivity contribution in [2.45, 2.75) is 6.42 Å². The van der Waals surface area contributed by atoms with Crippen molar-refractivity contribution in [1.82, 2.24) is 0 Å². The molecule has 2 heterocycles. The summed E-state index contributed by atoms with van der Waals surface area (Å²) in [5.74, 6) is 0.811. The second-order valence-electron chi connectivity index (χ2n) is 3.00. The topological polar surface area (TPSA) is 26.3 Å². The van der Waals surface area contributed by atoms with Gasteiger partial charge in [-0.3, -0.25) is 4.79 Å². The molecule has 0 unspecified atom stereocenters. The van der Waals surface area contributed by atoms with Crippen molar-refractivity contribution < 1.29 is 9.53 Å². The van der Waals surface area contributed by atoms with E-state index in [-0.39, 0.29) is 5.78 Å². The summed E-state index contributed by atoms with van der Waals surface area (Å²) in [4.78, 5) is 13.7. The van der Waals surface area contributed by atoms with Crippen LogP contribution in [0.25, 0.3) is 0 Å². The third-order valence-electron chi connectivity index (χ3n) is 2.02. The van der Waals surface area contributed by atoms with Gasteiger partial charge in [-0.05, 0) is 22.9 Å². The first-order valence-electron chi connectivity index (χ1n) is 4.48. The molecule has 0 N–H and O–H groups in total. The number of rotatable bonds is 4. The molecule has 0 spiro atoms. The standard InChI is InChI=1S/C11H10O2S2/c1-13-10-4-6-15-11(10)9(12)7-8-3-2-5-14-8/h2-6H,7H2,1H3. The van der Waals surface area contributed by atoms with Gasteiger partial charge in [0.05, 0.1) is 7.11 Å². The zero-order chi connectivity index (χ0) is 10.7. The van der Waals surface area contributed by atoms with Gasteiger partial charge in [0.2, 0.25) is 0 Å². The van der Waals surface area contributed by atoms with Gasteiger partial charge in [0.1, 0.15) is 10.6 Å². The fourth-order valence-corrected chi connectivity index (χ4v) is 2.82. The highest BCUT2D eigenvalue weighted by molar-refractivity contribution is 7.12. The lowest BCUT2D eigenvalue weighted by atomic mass is 10.2. The van der Waals surface area contributed by atoms with E-state index in [4.69, 9.17) is 4.74 Å². The Labute approximate surface area is 96.1 Å². The monoisotopic (exact) mass is 238 g/mol. The van der Waals surface area contributed by atoms with Crippen LogP contribution in [-0.4, -0.2) is 12.9 Å². The lowest BCUT2D eigenvalue weighted by Gasteiger charge is -2.00. The fourth-order valence-electron chi connectivity index (χ4n) is 1.31. The summed E-state index contributed by atoms with van der Waals surface area (Å²) in [6.45, 7) is 0. The SMILES string of the molecule is COc1ccsc1C(=O)Cc1cccs1. The highest BCUT2D eigenvalue weighted by Crippen LogP contribution is 2.26. The van der Waals surface area contributed by atoms with Crippen molar-refractivity contribution >= 4 is 28.5 Å². The van der Waals surface area contributed by atoms with Gasteiger partial charge < -0.3 is 4.74 Å². The average molecular weight is 238 g/mol. The lowest BCUT2D eigenvalue weighted by molar-refractivity contribution is 0.0995. The van der Waals surface area contributed by atoms with E-state index in [1.807, 2.05) is 29.0 Å². The van der Waals surface area contributed by atoms with Crippen LogP contribution in [0.5, 0.6) is 5.75 Å². The van der Waals surface area contributed by atoms with Gasteiger partial charge in [0.15, 0.2) is 5.78 Å². The van der Waals surface area contributed by atoms with Crippen molar-refractivity contribution in [3.8, 4) is 5.75 Å². The largest absolute Gasteiger partial charge is 0.495 e. The number of thiophene rings is 2. The first-order chi connectivity index (χ1) is 7.31. The van der Waals surface area contributed by atoms with Gasteiger partial charge in [-0.25, -0.2) is 0 Å². The van der Waals surface area contributed by atoms with Gasteiger partial charge in [0.25, 0.3) is 0 Å². The summed E-state index contributed by atoms with van der Waals surface area (Å²) < 4.78 is 5.12. The minimum atomic E-state index is 0.129. The highest BCUT2D eigenvalue weighted by atomic mass is 32.1. The van der Waals surface area contributed by atoms with E-state index in [2.05, 4.69) is 0 Å². The van der Waals surface area contributed by atoms with Gasteiger partial charge >= 0.3 is 0 Å². The Kier molecular flexibility index (Phi) is 3.18. The van der Waals surface area contributed by atoms with E-state index in [9.17, 15) is 4.79 Å². The molecule has 4 heteroatoms. The molecular formula is C11H10O2S2. The molecule has 78 valence electrons.